The Kier molecular flexibility index (Phi) is 5.48. The van der Waals surface area contributed by atoms with Crippen molar-refractivity contribution in [2.75, 3.05) is 0 Å². The van der Waals surface area contributed by atoms with Crippen LogP contribution in [0.2, 0.25) is 0 Å². The number of aryl methyl sites for hydroxylation is 1. The molecular weight excluding hydrogens is 436 g/mol. The minimum absolute atomic E-state index is 0.0535. The molecule has 1 saturated carbocycles. The van der Waals surface area contributed by atoms with Crippen LogP contribution in [0.4, 0.5) is 0 Å². The lowest BCUT2D eigenvalue weighted by Crippen LogP contribution is -2.63. The SMILES string of the molecule is Cc1ccccc1-n1c(C)c2[n+](c1C(C)(C)C)C(c1ccccc1)(C1CCCCC1)c1ccccc1-2. The summed E-state index contributed by atoms with van der Waals surface area (Å²) in [6.07, 6.45) is 6.54. The number of fused-ring (bicyclic) bond motifs is 3. The van der Waals surface area contributed by atoms with Gasteiger partial charge in [-0.2, -0.15) is 4.57 Å². The van der Waals surface area contributed by atoms with E-state index >= 15 is 0 Å². The molecule has 1 fully saturated rings. The van der Waals surface area contributed by atoms with Gasteiger partial charge in [0, 0.05) is 29.5 Å². The molecule has 0 saturated heterocycles. The van der Waals surface area contributed by atoms with Crippen LogP contribution in [0, 0.1) is 19.8 Å². The summed E-state index contributed by atoms with van der Waals surface area (Å²) in [6.45, 7) is 11.8. The molecule has 0 spiro atoms. The van der Waals surface area contributed by atoms with E-state index in [1.165, 1.54) is 77.3 Å². The van der Waals surface area contributed by atoms with Crippen molar-refractivity contribution in [1.29, 1.82) is 0 Å². The van der Waals surface area contributed by atoms with Crippen LogP contribution in [0.5, 0.6) is 0 Å². The molecule has 36 heavy (non-hydrogen) atoms. The molecule has 1 aliphatic heterocycles. The fourth-order valence-electron chi connectivity index (χ4n) is 7.35. The average Bonchev–Trinajstić information content (AvgIpc) is 3.36. The molecule has 3 aromatic carbocycles. The van der Waals surface area contributed by atoms with E-state index in [1.54, 1.807) is 0 Å². The Morgan fingerprint density at radius 1 is 0.778 bits per heavy atom. The second kappa shape index (κ2) is 8.47. The lowest BCUT2D eigenvalue weighted by atomic mass is 9.67. The Hall–Kier alpha value is -3.13. The van der Waals surface area contributed by atoms with Crippen LogP contribution in [0.3, 0.4) is 0 Å². The van der Waals surface area contributed by atoms with Gasteiger partial charge in [0.2, 0.25) is 0 Å². The summed E-state index contributed by atoms with van der Waals surface area (Å²) in [5.41, 5.74) is 9.42. The highest BCUT2D eigenvalue weighted by Crippen LogP contribution is 2.53. The van der Waals surface area contributed by atoms with Crippen LogP contribution in [-0.2, 0) is 11.0 Å². The molecule has 1 unspecified atom stereocenters. The maximum atomic E-state index is 2.81. The largest absolute Gasteiger partial charge is 0.268 e. The maximum absolute atomic E-state index is 2.81. The molecule has 0 radical (unpaired) electrons. The molecular formula is C34H39N2+. The molecule has 1 atom stereocenters. The summed E-state index contributed by atoms with van der Waals surface area (Å²) < 4.78 is 5.39. The van der Waals surface area contributed by atoms with Gasteiger partial charge >= 0.3 is 0 Å². The minimum atomic E-state index is -0.199. The third kappa shape index (κ3) is 3.19. The number of aromatic nitrogens is 2. The van der Waals surface area contributed by atoms with Crippen molar-refractivity contribution in [3.63, 3.8) is 0 Å². The zero-order valence-corrected chi connectivity index (χ0v) is 22.5. The summed E-state index contributed by atoms with van der Waals surface area (Å²) in [4.78, 5) is 0. The molecule has 0 bridgehead atoms. The molecule has 1 aromatic heterocycles. The second-order valence-corrected chi connectivity index (χ2v) is 12.0. The van der Waals surface area contributed by atoms with Crippen molar-refractivity contribution in [2.45, 2.75) is 77.7 Å². The van der Waals surface area contributed by atoms with Crippen molar-refractivity contribution in [3.05, 3.63) is 107 Å². The number of benzene rings is 3. The van der Waals surface area contributed by atoms with E-state index in [-0.39, 0.29) is 11.0 Å². The smallest absolute Gasteiger partial charge is 0.212 e. The summed E-state index contributed by atoms with van der Waals surface area (Å²) in [5, 5.41) is 0. The fraction of sp³-hybridized carbons (Fsp3) is 0.382. The highest BCUT2D eigenvalue weighted by atomic mass is 15.3. The number of imidazole rings is 1. The molecule has 6 rings (SSSR count). The van der Waals surface area contributed by atoms with E-state index in [4.69, 9.17) is 0 Å². The minimum Gasteiger partial charge on any atom is -0.212 e. The number of hydrogen-bond acceptors (Lipinski definition) is 0. The van der Waals surface area contributed by atoms with Gasteiger partial charge in [-0.25, -0.2) is 4.57 Å². The number of para-hydroxylation sites is 1. The predicted octanol–water partition coefficient (Wildman–Crippen LogP) is 8.03. The Morgan fingerprint density at radius 3 is 2.11 bits per heavy atom. The normalized spacial score (nSPS) is 19.8. The number of rotatable bonds is 3. The first-order valence-electron chi connectivity index (χ1n) is 13.8. The Bertz CT molecular complexity index is 1410. The Labute approximate surface area is 216 Å². The van der Waals surface area contributed by atoms with Crippen molar-refractivity contribution in [2.24, 2.45) is 5.92 Å². The van der Waals surface area contributed by atoms with Gasteiger partial charge in [0.15, 0.2) is 16.9 Å². The molecule has 2 heteroatoms. The highest BCUT2D eigenvalue weighted by Gasteiger charge is 2.59. The Balaban J connectivity index is 1.82. The molecule has 2 nitrogen and oxygen atoms in total. The topological polar surface area (TPSA) is 8.81 Å². The molecule has 4 aromatic rings. The van der Waals surface area contributed by atoms with Gasteiger partial charge in [-0.1, -0.05) is 92.1 Å². The summed E-state index contributed by atoms with van der Waals surface area (Å²) in [5.74, 6) is 1.96. The van der Waals surface area contributed by atoms with Crippen LogP contribution in [-0.4, -0.2) is 4.57 Å². The van der Waals surface area contributed by atoms with E-state index in [0.717, 1.165) is 0 Å². The number of hydrogen-bond donors (Lipinski definition) is 0. The average molecular weight is 476 g/mol. The summed E-state index contributed by atoms with van der Waals surface area (Å²) in [7, 11) is 0. The van der Waals surface area contributed by atoms with Crippen molar-refractivity contribution < 1.29 is 4.57 Å². The van der Waals surface area contributed by atoms with Gasteiger partial charge in [0.05, 0.1) is 5.41 Å². The van der Waals surface area contributed by atoms with E-state index in [9.17, 15) is 0 Å². The first kappa shape index (κ1) is 23.3. The van der Waals surface area contributed by atoms with E-state index in [2.05, 4.69) is 123 Å². The van der Waals surface area contributed by atoms with Crippen molar-refractivity contribution >= 4 is 0 Å². The first-order chi connectivity index (χ1) is 17.4. The molecule has 0 amide bonds. The highest BCUT2D eigenvalue weighted by molar-refractivity contribution is 5.71. The van der Waals surface area contributed by atoms with E-state index in [1.807, 2.05) is 0 Å². The van der Waals surface area contributed by atoms with Crippen LogP contribution in [0.15, 0.2) is 78.9 Å². The van der Waals surface area contributed by atoms with E-state index in [0.29, 0.717) is 5.92 Å². The number of nitrogens with zero attached hydrogens (tertiary/aromatic N) is 2. The zero-order valence-electron chi connectivity index (χ0n) is 22.5. The van der Waals surface area contributed by atoms with Crippen molar-refractivity contribution in [3.8, 4) is 16.9 Å². The third-order valence-corrected chi connectivity index (χ3v) is 8.71. The monoisotopic (exact) mass is 475 g/mol. The fourth-order valence-corrected chi connectivity index (χ4v) is 7.35. The van der Waals surface area contributed by atoms with Gasteiger partial charge < -0.3 is 0 Å². The summed E-state index contributed by atoms with van der Waals surface area (Å²) in [6, 6.07) is 29.6. The van der Waals surface area contributed by atoms with Crippen LogP contribution in [0.1, 0.15) is 81.1 Å². The Morgan fingerprint density at radius 2 is 1.42 bits per heavy atom. The molecule has 1 aliphatic carbocycles. The lowest BCUT2D eigenvalue weighted by molar-refractivity contribution is -0.746. The van der Waals surface area contributed by atoms with Gasteiger partial charge in [-0.15, -0.1) is 0 Å². The van der Waals surface area contributed by atoms with Gasteiger partial charge in [0.25, 0.3) is 5.82 Å². The van der Waals surface area contributed by atoms with Crippen LogP contribution in [0.25, 0.3) is 16.9 Å². The van der Waals surface area contributed by atoms with Gasteiger partial charge in [0.1, 0.15) is 5.69 Å². The molecule has 0 N–H and O–H groups in total. The summed E-state index contributed by atoms with van der Waals surface area (Å²) >= 11 is 0. The quantitative estimate of drug-likeness (QED) is 0.265. The maximum Gasteiger partial charge on any atom is 0.268 e. The third-order valence-electron chi connectivity index (χ3n) is 8.71. The molecule has 184 valence electrons. The van der Waals surface area contributed by atoms with Crippen LogP contribution >= 0.6 is 0 Å². The lowest BCUT2D eigenvalue weighted by Gasteiger charge is -2.40. The first-order valence-corrected chi connectivity index (χ1v) is 13.8. The standard InChI is InChI=1S/C34H39N2/c1-24-16-12-15-23-30(24)35-25(2)31-28-21-13-14-22-29(28)34(26-17-8-6-9-18-26,27-19-10-7-11-20-27)36(31)32(35)33(3,4)5/h6,8-9,12-18,21-23,27H,7,10-11,19-20H2,1-5H3/q+1. The molecule has 2 aliphatic rings. The van der Waals surface area contributed by atoms with Gasteiger partial charge in [-0.05, 0) is 52.2 Å². The van der Waals surface area contributed by atoms with E-state index < -0.39 is 0 Å². The second-order valence-electron chi connectivity index (χ2n) is 12.0. The zero-order chi connectivity index (χ0) is 25.1. The van der Waals surface area contributed by atoms with Crippen LogP contribution < -0.4 is 4.57 Å². The van der Waals surface area contributed by atoms with Gasteiger partial charge in [-0.3, -0.25) is 0 Å². The van der Waals surface area contributed by atoms with Crippen molar-refractivity contribution in [1.82, 2.24) is 4.57 Å². The molecule has 2 heterocycles. The predicted molar refractivity (Wildman–Crippen MR) is 149 cm³/mol.